The number of aromatic amines is 1. The van der Waals surface area contributed by atoms with E-state index < -0.39 is 0 Å². The van der Waals surface area contributed by atoms with Crippen LogP contribution >= 0.6 is 23.4 Å². The molecular formula is C14H16ClN3OS. The monoisotopic (exact) mass is 309 g/mol. The number of aromatic nitrogens is 2. The minimum Gasteiger partial charge on any atom is -0.308 e. The van der Waals surface area contributed by atoms with Crippen molar-refractivity contribution in [2.75, 3.05) is 11.1 Å². The van der Waals surface area contributed by atoms with Gasteiger partial charge in [-0.05, 0) is 30.7 Å². The molecule has 0 aliphatic heterocycles. The van der Waals surface area contributed by atoms with Crippen molar-refractivity contribution in [2.45, 2.75) is 24.7 Å². The molecule has 0 atom stereocenters. The highest BCUT2D eigenvalue weighted by atomic mass is 35.5. The van der Waals surface area contributed by atoms with Crippen LogP contribution in [0.15, 0.2) is 35.2 Å². The van der Waals surface area contributed by atoms with Crippen molar-refractivity contribution in [1.82, 2.24) is 10.2 Å². The number of rotatable bonds is 6. The fraction of sp³-hybridized carbons (Fsp3) is 0.286. The van der Waals surface area contributed by atoms with Crippen LogP contribution in [0.3, 0.4) is 0 Å². The van der Waals surface area contributed by atoms with Crippen molar-refractivity contribution in [2.24, 2.45) is 0 Å². The highest BCUT2D eigenvalue weighted by Gasteiger charge is 2.06. The second kappa shape index (κ2) is 7.36. The summed E-state index contributed by atoms with van der Waals surface area (Å²) in [5.41, 5.74) is 1.04. The van der Waals surface area contributed by atoms with Gasteiger partial charge in [-0.15, -0.1) is 11.8 Å². The quantitative estimate of drug-likeness (QED) is 0.799. The Bertz CT molecular complexity index is 568. The molecule has 2 N–H and O–H groups in total. The predicted octanol–water partition coefficient (Wildman–Crippen LogP) is 3.75. The molecule has 4 nitrogen and oxygen atoms in total. The zero-order valence-electron chi connectivity index (χ0n) is 11.1. The lowest BCUT2D eigenvalue weighted by Crippen LogP contribution is -2.14. The van der Waals surface area contributed by atoms with E-state index in [1.165, 1.54) is 11.8 Å². The molecular weight excluding hydrogens is 294 g/mol. The normalized spacial score (nSPS) is 10.5. The Hall–Kier alpha value is -1.46. The highest BCUT2D eigenvalue weighted by molar-refractivity contribution is 8.00. The molecule has 0 spiro atoms. The predicted molar refractivity (Wildman–Crippen MR) is 83.4 cm³/mol. The van der Waals surface area contributed by atoms with Gasteiger partial charge in [-0.1, -0.05) is 24.9 Å². The Kier molecular flexibility index (Phi) is 5.49. The second-order valence-corrected chi connectivity index (χ2v) is 5.80. The van der Waals surface area contributed by atoms with Crippen LogP contribution in [0.1, 0.15) is 19.0 Å². The van der Waals surface area contributed by atoms with Crippen molar-refractivity contribution in [3.8, 4) is 0 Å². The summed E-state index contributed by atoms with van der Waals surface area (Å²) < 4.78 is 0. The lowest BCUT2D eigenvalue weighted by atomic mass is 10.2. The number of benzene rings is 1. The first-order chi connectivity index (χ1) is 9.67. The zero-order valence-corrected chi connectivity index (χ0v) is 12.7. The van der Waals surface area contributed by atoms with Gasteiger partial charge in [-0.25, -0.2) is 0 Å². The largest absolute Gasteiger partial charge is 0.308 e. The number of aryl methyl sites for hydroxylation is 1. The summed E-state index contributed by atoms with van der Waals surface area (Å²) in [6.45, 7) is 2.10. The Morgan fingerprint density at radius 3 is 2.85 bits per heavy atom. The first-order valence-electron chi connectivity index (χ1n) is 6.40. The highest BCUT2D eigenvalue weighted by Crippen LogP contribution is 2.20. The molecule has 0 fully saturated rings. The fourth-order valence-electron chi connectivity index (χ4n) is 1.68. The molecule has 0 bridgehead atoms. The van der Waals surface area contributed by atoms with Gasteiger partial charge in [0.25, 0.3) is 0 Å². The van der Waals surface area contributed by atoms with Crippen molar-refractivity contribution in [1.29, 1.82) is 0 Å². The minimum absolute atomic E-state index is 0.0699. The summed E-state index contributed by atoms with van der Waals surface area (Å²) in [5, 5.41) is 10.4. The van der Waals surface area contributed by atoms with Gasteiger partial charge in [0.15, 0.2) is 5.82 Å². The molecule has 1 aromatic carbocycles. The number of halogens is 1. The summed E-state index contributed by atoms with van der Waals surface area (Å²) in [5.74, 6) is 0.854. The average molecular weight is 310 g/mol. The van der Waals surface area contributed by atoms with E-state index >= 15 is 0 Å². The standard InChI is InChI=1S/C14H16ClN3OS/c1-2-3-11-8-13(18-17-11)16-14(19)9-20-12-6-4-10(15)5-7-12/h4-8H,2-3,9H2,1H3,(H2,16,17,18,19). The minimum atomic E-state index is -0.0699. The van der Waals surface area contributed by atoms with Crippen molar-refractivity contribution >= 4 is 35.1 Å². The maximum atomic E-state index is 11.8. The molecule has 2 rings (SSSR count). The van der Waals surface area contributed by atoms with E-state index in [4.69, 9.17) is 11.6 Å². The van der Waals surface area contributed by atoms with Crippen LogP contribution in [0.25, 0.3) is 0 Å². The van der Waals surface area contributed by atoms with Crippen molar-refractivity contribution in [3.05, 3.63) is 41.0 Å². The fourth-order valence-corrected chi connectivity index (χ4v) is 2.51. The average Bonchev–Trinajstić information content (AvgIpc) is 2.86. The Balaban J connectivity index is 1.81. The maximum absolute atomic E-state index is 11.8. The topological polar surface area (TPSA) is 57.8 Å². The smallest absolute Gasteiger partial charge is 0.235 e. The third kappa shape index (κ3) is 4.58. The van der Waals surface area contributed by atoms with Crippen molar-refractivity contribution in [3.63, 3.8) is 0 Å². The molecule has 0 aliphatic rings. The van der Waals surface area contributed by atoms with Crippen LogP contribution in [0.2, 0.25) is 5.02 Å². The summed E-state index contributed by atoms with van der Waals surface area (Å²) in [6.07, 6.45) is 1.98. The molecule has 1 heterocycles. The van der Waals surface area contributed by atoms with Gasteiger partial charge in [-0.3, -0.25) is 9.89 Å². The van der Waals surface area contributed by atoms with E-state index in [9.17, 15) is 4.79 Å². The summed E-state index contributed by atoms with van der Waals surface area (Å²) >= 11 is 7.27. The van der Waals surface area contributed by atoms with Gasteiger partial charge in [-0.2, -0.15) is 5.10 Å². The van der Waals surface area contributed by atoms with Gasteiger partial charge in [0.05, 0.1) is 5.75 Å². The Morgan fingerprint density at radius 2 is 2.15 bits per heavy atom. The third-order valence-electron chi connectivity index (χ3n) is 2.60. The lowest BCUT2D eigenvalue weighted by molar-refractivity contribution is -0.113. The summed E-state index contributed by atoms with van der Waals surface area (Å²) in [6, 6.07) is 9.29. The van der Waals surface area contributed by atoms with Gasteiger partial charge < -0.3 is 5.32 Å². The number of hydrogen-bond acceptors (Lipinski definition) is 3. The molecule has 0 saturated carbocycles. The van der Waals surface area contributed by atoms with E-state index in [1.54, 1.807) is 0 Å². The first kappa shape index (κ1) is 14.9. The molecule has 0 unspecified atom stereocenters. The van der Waals surface area contributed by atoms with Crippen LogP contribution in [-0.4, -0.2) is 21.9 Å². The van der Waals surface area contributed by atoms with E-state index in [2.05, 4.69) is 22.4 Å². The van der Waals surface area contributed by atoms with Gasteiger partial charge in [0.1, 0.15) is 0 Å². The van der Waals surface area contributed by atoms with Gasteiger partial charge in [0, 0.05) is 21.7 Å². The number of nitrogens with one attached hydrogen (secondary N) is 2. The Morgan fingerprint density at radius 1 is 1.40 bits per heavy atom. The molecule has 0 saturated heterocycles. The van der Waals surface area contributed by atoms with E-state index in [0.717, 1.165) is 23.4 Å². The molecule has 1 aromatic heterocycles. The van der Waals surface area contributed by atoms with Crippen LogP contribution in [0.4, 0.5) is 5.82 Å². The first-order valence-corrected chi connectivity index (χ1v) is 7.76. The van der Waals surface area contributed by atoms with Gasteiger partial charge in [0.2, 0.25) is 5.91 Å². The van der Waals surface area contributed by atoms with Gasteiger partial charge >= 0.3 is 0 Å². The lowest BCUT2D eigenvalue weighted by Gasteiger charge is -2.02. The Labute approximate surface area is 127 Å². The third-order valence-corrected chi connectivity index (χ3v) is 3.87. The number of thioether (sulfide) groups is 1. The SMILES string of the molecule is CCCc1cc(NC(=O)CSc2ccc(Cl)cc2)n[nH]1. The number of H-pyrrole nitrogens is 1. The number of anilines is 1. The van der Waals surface area contributed by atoms with Crippen LogP contribution in [0.5, 0.6) is 0 Å². The van der Waals surface area contributed by atoms with E-state index in [-0.39, 0.29) is 5.91 Å². The molecule has 20 heavy (non-hydrogen) atoms. The zero-order chi connectivity index (χ0) is 14.4. The van der Waals surface area contributed by atoms with Crippen molar-refractivity contribution < 1.29 is 4.79 Å². The van der Waals surface area contributed by atoms with Crippen LogP contribution < -0.4 is 5.32 Å². The number of hydrogen-bond donors (Lipinski definition) is 2. The second-order valence-electron chi connectivity index (χ2n) is 4.32. The molecule has 6 heteroatoms. The summed E-state index contributed by atoms with van der Waals surface area (Å²) in [7, 11) is 0. The molecule has 106 valence electrons. The number of carbonyl (C=O) groups excluding carboxylic acids is 1. The maximum Gasteiger partial charge on any atom is 0.235 e. The molecule has 0 radical (unpaired) electrons. The number of nitrogens with zero attached hydrogens (tertiary/aromatic N) is 1. The van der Waals surface area contributed by atoms with E-state index in [0.29, 0.717) is 16.6 Å². The summed E-state index contributed by atoms with van der Waals surface area (Å²) in [4.78, 5) is 12.8. The molecule has 0 aliphatic carbocycles. The van der Waals surface area contributed by atoms with E-state index in [1.807, 2.05) is 30.3 Å². The van der Waals surface area contributed by atoms with Crippen LogP contribution in [-0.2, 0) is 11.2 Å². The molecule has 2 aromatic rings. The number of carbonyl (C=O) groups is 1. The molecule has 1 amide bonds. The van der Waals surface area contributed by atoms with Crippen LogP contribution in [0, 0.1) is 0 Å². The number of amides is 1.